The summed E-state index contributed by atoms with van der Waals surface area (Å²) < 4.78 is 0. The van der Waals surface area contributed by atoms with Gasteiger partial charge in [0.05, 0.1) is 0 Å². The van der Waals surface area contributed by atoms with E-state index < -0.39 is 0 Å². The van der Waals surface area contributed by atoms with Crippen LogP contribution in [0, 0.1) is 0 Å². The van der Waals surface area contributed by atoms with Crippen LogP contribution in [0.5, 0.6) is 0 Å². The highest BCUT2D eigenvalue weighted by Gasteiger charge is 2.07. The fourth-order valence-corrected chi connectivity index (χ4v) is 1.70. The summed E-state index contributed by atoms with van der Waals surface area (Å²) in [6, 6.07) is 7.86. The molecule has 1 aromatic carbocycles. The van der Waals surface area contributed by atoms with Gasteiger partial charge in [0, 0.05) is 32.2 Å². The van der Waals surface area contributed by atoms with Crippen molar-refractivity contribution in [1.29, 1.82) is 0 Å². The van der Waals surface area contributed by atoms with E-state index >= 15 is 0 Å². The number of benzene rings is 1. The zero-order valence-corrected chi connectivity index (χ0v) is 13.5. The molecule has 96 valence electrons. The Morgan fingerprint density at radius 3 is 2.59 bits per heavy atom. The lowest BCUT2D eigenvalue weighted by molar-refractivity contribution is 0.479. The maximum Gasteiger partial charge on any atom is 0.193 e. The van der Waals surface area contributed by atoms with Gasteiger partial charge in [0.1, 0.15) is 0 Å². The van der Waals surface area contributed by atoms with Crippen molar-refractivity contribution >= 4 is 41.5 Å². The van der Waals surface area contributed by atoms with Crippen LogP contribution in [0.3, 0.4) is 0 Å². The Labute approximate surface area is 125 Å². The number of nitrogens with zero attached hydrogens (tertiary/aromatic N) is 2. The van der Waals surface area contributed by atoms with Gasteiger partial charge in [-0.1, -0.05) is 29.8 Å². The molecule has 0 fully saturated rings. The number of hydrogen-bond donors (Lipinski definition) is 1. The summed E-state index contributed by atoms with van der Waals surface area (Å²) >= 11 is 6.11. The minimum absolute atomic E-state index is 0. The standard InChI is InChI=1S/C12H18ClN3.HI/c1-4-15-12(14-2)16(3)9-10-7-5-6-8-11(10)13;/h5-8H,4,9H2,1-3H3,(H,14,15);1H. The van der Waals surface area contributed by atoms with Gasteiger partial charge in [0.25, 0.3) is 0 Å². The number of guanidine groups is 1. The van der Waals surface area contributed by atoms with E-state index in [1.807, 2.05) is 36.2 Å². The topological polar surface area (TPSA) is 27.6 Å². The SMILES string of the molecule is CCNC(=NC)N(C)Cc1ccccc1Cl.I. The molecule has 0 amide bonds. The minimum atomic E-state index is 0. The third-order valence-corrected chi connectivity index (χ3v) is 2.64. The lowest BCUT2D eigenvalue weighted by atomic mass is 10.2. The number of halogens is 2. The van der Waals surface area contributed by atoms with Crippen molar-refractivity contribution in [3.8, 4) is 0 Å². The molecule has 0 aliphatic carbocycles. The van der Waals surface area contributed by atoms with Gasteiger partial charge in [-0.2, -0.15) is 0 Å². The molecule has 0 spiro atoms. The molecule has 1 aromatic rings. The number of aliphatic imine (C=N–C) groups is 1. The first-order chi connectivity index (χ1) is 7.69. The third kappa shape index (κ3) is 5.12. The fraction of sp³-hybridized carbons (Fsp3) is 0.417. The van der Waals surface area contributed by atoms with Crippen molar-refractivity contribution < 1.29 is 0 Å². The molecule has 0 aromatic heterocycles. The van der Waals surface area contributed by atoms with Crippen LogP contribution in [0.4, 0.5) is 0 Å². The maximum absolute atomic E-state index is 6.11. The molecule has 5 heteroatoms. The van der Waals surface area contributed by atoms with E-state index in [4.69, 9.17) is 11.6 Å². The monoisotopic (exact) mass is 367 g/mol. The minimum Gasteiger partial charge on any atom is -0.357 e. The van der Waals surface area contributed by atoms with E-state index in [1.54, 1.807) is 7.05 Å². The summed E-state index contributed by atoms with van der Waals surface area (Å²) in [5, 5.41) is 4.00. The Hall–Kier alpha value is -0.490. The second-order valence-electron chi connectivity index (χ2n) is 3.53. The van der Waals surface area contributed by atoms with E-state index in [2.05, 4.69) is 17.2 Å². The van der Waals surface area contributed by atoms with Crippen LogP contribution < -0.4 is 5.32 Å². The average Bonchev–Trinajstić information content (AvgIpc) is 2.29. The van der Waals surface area contributed by atoms with E-state index in [1.165, 1.54) is 0 Å². The van der Waals surface area contributed by atoms with Crippen molar-refractivity contribution in [1.82, 2.24) is 10.2 Å². The Balaban J connectivity index is 0.00000256. The van der Waals surface area contributed by atoms with Crippen LogP contribution in [0.2, 0.25) is 5.02 Å². The van der Waals surface area contributed by atoms with Gasteiger partial charge in [-0.3, -0.25) is 4.99 Å². The molecule has 0 heterocycles. The molecular formula is C12H19ClIN3. The van der Waals surface area contributed by atoms with Crippen molar-refractivity contribution in [3.05, 3.63) is 34.9 Å². The Morgan fingerprint density at radius 1 is 1.41 bits per heavy atom. The van der Waals surface area contributed by atoms with Gasteiger partial charge in [-0.25, -0.2) is 0 Å². The quantitative estimate of drug-likeness (QED) is 0.505. The molecule has 0 unspecified atom stereocenters. The first-order valence-electron chi connectivity index (χ1n) is 5.34. The van der Waals surface area contributed by atoms with E-state index in [-0.39, 0.29) is 24.0 Å². The summed E-state index contributed by atoms with van der Waals surface area (Å²) in [7, 11) is 3.77. The molecule has 0 aliphatic heterocycles. The lowest BCUT2D eigenvalue weighted by Crippen LogP contribution is -2.38. The molecule has 0 atom stereocenters. The fourth-order valence-electron chi connectivity index (χ4n) is 1.50. The first kappa shape index (κ1) is 16.5. The highest BCUT2D eigenvalue weighted by Crippen LogP contribution is 2.16. The predicted octanol–water partition coefficient (Wildman–Crippen LogP) is 2.99. The van der Waals surface area contributed by atoms with Crippen molar-refractivity contribution in [2.75, 3.05) is 20.6 Å². The van der Waals surface area contributed by atoms with Crippen LogP contribution >= 0.6 is 35.6 Å². The third-order valence-electron chi connectivity index (χ3n) is 2.27. The van der Waals surface area contributed by atoms with E-state index in [0.29, 0.717) is 0 Å². The van der Waals surface area contributed by atoms with Crippen LogP contribution in [-0.4, -0.2) is 31.5 Å². The molecule has 1 N–H and O–H groups in total. The van der Waals surface area contributed by atoms with Gasteiger partial charge >= 0.3 is 0 Å². The van der Waals surface area contributed by atoms with Crippen LogP contribution in [0.25, 0.3) is 0 Å². The van der Waals surface area contributed by atoms with Gasteiger partial charge in [-0.05, 0) is 18.6 Å². The Kier molecular flexibility index (Phi) is 8.33. The Morgan fingerprint density at radius 2 is 2.06 bits per heavy atom. The van der Waals surface area contributed by atoms with E-state index in [0.717, 1.165) is 29.6 Å². The molecule has 0 saturated carbocycles. The molecule has 0 aliphatic rings. The van der Waals surface area contributed by atoms with Crippen molar-refractivity contribution in [2.24, 2.45) is 4.99 Å². The van der Waals surface area contributed by atoms with Gasteiger partial charge < -0.3 is 10.2 Å². The van der Waals surface area contributed by atoms with E-state index in [9.17, 15) is 0 Å². The molecule has 17 heavy (non-hydrogen) atoms. The molecule has 0 saturated heterocycles. The highest BCUT2D eigenvalue weighted by molar-refractivity contribution is 14.0. The Bertz CT molecular complexity index is 369. The van der Waals surface area contributed by atoms with Crippen molar-refractivity contribution in [3.63, 3.8) is 0 Å². The average molecular weight is 368 g/mol. The first-order valence-corrected chi connectivity index (χ1v) is 5.72. The summed E-state index contributed by atoms with van der Waals surface area (Å²) in [6.45, 7) is 3.66. The smallest absolute Gasteiger partial charge is 0.193 e. The van der Waals surface area contributed by atoms with Crippen LogP contribution in [-0.2, 0) is 6.54 Å². The van der Waals surface area contributed by atoms with Crippen molar-refractivity contribution in [2.45, 2.75) is 13.5 Å². The molecule has 0 radical (unpaired) electrons. The second kappa shape index (κ2) is 8.58. The lowest BCUT2D eigenvalue weighted by Gasteiger charge is -2.22. The summed E-state index contributed by atoms with van der Waals surface area (Å²) in [6.07, 6.45) is 0. The molecular weight excluding hydrogens is 349 g/mol. The molecule has 0 bridgehead atoms. The van der Waals surface area contributed by atoms with Gasteiger partial charge in [-0.15, -0.1) is 24.0 Å². The zero-order chi connectivity index (χ0) is 12.0. The van der Waals surface area contributed by atoms with Gasteiger partial charge in [0.15, 0.2) is 5.96 Å². The number of nitrogens with one attached hydrogen (secondary N) is 1. The predicted molar refractivity (Wildman–Crippen MR) is 85.4 cm³/mol. The zero-order valence-electron chi connectivity index (χ0n) is 10.4. The summed E-state index contributed by atoms with van der Waals surface area (Å²) in [5.74, 6) is 0.877. The number of rotatable bonds is 3. The van der Waals surface area contributed by atoms with Gasteiger partial charge in [0.2, 0.25) is 0 Å². The highest BCUT2D eigenvalue weighted by atomic mass is 127. The molecule has 1 rings (SSSR count). The van der Waals surface area contributed by atoms with Crippen LogP contribution in [0.15, 0.2) is 29.3 Å². The summed E-state index contributed by atoms with van der Waals surface area (Å²) in [4.78, 5) is 6.24. The van der Waals surface area contributed by atoms with Crippen LogP contribution in [0.1, 0.15) is 12.5 Å². The maximum atomic E-state index is 6.11. The molecule has 3 nitrogen and oxygen atoms in total. The second-order valence-corrected chi connectivity index (χ2v) is 3.93. The summed E-state index contributed by atoms with van der Waals surface area (Å²) in [5.41, 5.74) is 1.10. The number of hydrogen-bond acceptors (Lipinski definition) is 1. The largest absolute Gasteiger partial charge is 0.357 e. The normalized spacial score (nSPS) is 10.7.